The predicted molar refractivity (Wildman–Crippen MR) is 51.3 cm³/mol. The lowest BCUT2D eigenvalue weighted by molar-refractivity contribution is 0.323. The van der Waals surface area contributed by atoms with Crippen molar-refractivity contribution in [3.63, 3.8) is 0 Å². The highest BCUT2D eigenvalue weighted by Gasteiger charge is 1.93. The van der Waals surface area contributed by atoms with Crippen LogP contribution < -0.4 is 4.74 Å². The minimum atomic E-state index is -0.261. The second-order valence-electron chi connectivity index (χ2n) is 2.66. The number of hydrogen-bond donors (Lipinski definition) is 0. The van der Waals surface area contributed by atoms with Crippen molar-refractivity contribution in [3.05, 3.63) is 42.2 Å². The van der Waals surface area contributed by atoms with Crippen LogP contribution in [0.3, 0.4) is 0 Å². The number of halogens is 1. The number of ether oxygens (including phenoxy) is 1. The summed E-state index contributed by atoms with van der Waals surface area (Å²) in [4.78, 5) is 0. The first-order valence-electron chi connectivity index (χ1n) is 4.32. The van der Waals surface area contributed by atoms with Gasteiger partial charge in [0.25, 0.3) is 0 Å². The summed E-state index contributed by atoms with van der Waals surface area (Å²) in [6.45, 7) is 2.55. The van der Waals surface area contributed by atoms with Gasteiger partial charge in [0.2, 0.25) is 0 Å². The average molecular weight is 180 g/mol. The molecule has 0 N–H and O–H groups in total. The maximum absolute atomic E-state index is 12.6. The first-order chi connectivity index (χ1) is 6.33. The Morgan fingerprint density at radius 2 is 2.31 bits per heavy atom. The second kappa shape index (κ2) is 5.36. The van der Waals surface area contributed by atoms with Crippen molar-refractivity contribution in [2.24, 2.45) is 0 Å². The van der Waals surface area contributed by atoms with E-state index in [0.717, 1.165) is 6.42 Å². The van der Waals surface area contributed by atoms with Gasteiger partial charge in [-0.05, 0) is 25.5 Å². The molecule has 0 radical (unpaired) electrons. The van der Waals surface area contributed by atoms with E-state index >= 15 is 0 Å². The van der Waals surface area contributed by atoms with E-state index in [1.165, 1.54) is 12.1 Å². The summed E-state index contributed by atoms with van der Waals surface area (Å²) >= 11 is 0. The van der Waals surface area contributed by atoms with E-state index in [-0.39, 0.29) is 5.82 Å². The largest absolute Gasteiger partial charge is 0.493 e. The number of hydrogen-bond acceptors (Lipinski definition) is 1. The molecule has 0 fully saturated rings. The average Bonchev–Trinajstić information content (AvgIpc) is 2.13. The van der Waals surface area contributed by atoms with Crippen molar-refractivity contribution < 1.29 is 9.13 Å². The van der Waals surface area contributed by atoms with E-state index in [9.17, 15) is 4.39 Å². The standard InChI is InChI=1S/C11H13FO/c1-2-3-4-8-13-11-7-5-6-10(12)9-11/h2-3,5-7,9H,4,8H2,1H3. The normalized spacial score (nSPS) is 10.6. The van der Waals surface area contributed by atoms with E-state index in [1.54, 1.807) is 12.1 Å². The molecule has 2 heteroatoms. The van der Waals surface area contributed by atoms with Crippen molar-refractivity contribution in [2.45, 2.75) is 13.3 Å². The Labute approximate surface area is 77.8 Å². The molecule has 70 valence electrons. The molecule has 0 bridgehead atoms. The van der Waals surface area contributed by atoms with Crippen LogP contribution in [0.5, 0.6) is 5.75 Å². The fourth-order valence-corrected chi connectivity index (χ4v) is 0.968. The molecule has 1 nitrogen and oxygen atoms in total. The third kappa shape index (κ3) is 3.74. The van der Waals surface area contributed by atoms with Crippen LogP contribution in [0.4, 0.5) is 4.39 Å². The van der Waals surface area contributed by atoms with Gasteiger partial charge in [0.15, 0.2) is 0 Å². The Kier molecular flexibility index (Phi) is 4.03. The highest BCUT2D eigenvalue weighted by molar-refractivity contribution is 5.22. The summed E-state index contributed by atoms with van der Waals surface area (Å²) in [7, 11) is 0. The summed E-state index contributed by atoms with van der Waals surface area (Å²) in [5, 5.41) is 0. The van der Waals surface area contributed by atoms with Crippen LogP contribution in [-0.4, -0.2) is 6.61 Å². The zero-order valence-corrected chi connectivity index (χ0v) is 7.66. The topological polar surface area (TPSA) is 9.23 Å². The Balaban J connectivity index is 2.36. The van der Waals surface area contributed by atoms with Gasteiger partial charge in [0.05, 0.1) is 6.61 Å². The van der Waals surface area contributed by atoms with Crippen molar-refractivity contribution in [1.29, 1.82) is 0 Å². The van der Waals surface area contributed by atoms with Crippen LogP contribution in [0, 0.1) is 5.82 Å². The minimum Gasteiger partial charge on any atom is -0.493 e. The van der Waals surface area contributed by atoms with E-state index in [2.05, 4.69) is 0 Å². The van der Waals surface area contributed by atoms with Gasteiger partial charge in [-0.2, -0.15) is 0 Å². The highest BCUT2D eigenvalue weighted by Crippen LogP contribution is 2.11. The molecule has 0 saturated carbocycles. The molecule has 1 aromatic rings. The van der Waals surface area contributed by atoms with Crippen molar-refractivity contribution in [2.75, 3.05) is 6.61 Å². The maximum Gasteiger partial charge on any atom is 0.126 e. The molecular weight excluding hydrogens is 167 g/mol. The summed E-state index contributed by atoms with van der Waals surface area (Å²) in [6, 6.07) is 6.17. The molecule has 0 aliphatic heterocycles. The van der Waals surface area contributed by atoms with E-state index < -0.39 is 0 Å². The maximum atomic E-state index is 12.6. The molecular formula is C11H13FO. The molecule has 0 atom stereocenters. The molecule has 1 aromatic carbocycles. The molecule has 0 spiro atoms. The molecule has 0 aromatic heterocycles. The lowest BCUT2D eigenvalue weighted by Gasteiger charge is -2.03. The zero-order chi connectivity index (χ0) is 9.52. The molecule has 0 unspecified atom stereocenters. The number of rotatable bonds is 4. The quantitative estimate of drug-likeness (QED) is 0.510. The smallest absolute Gasteiger partial charge is 0.126 e. The zero-order valence-electron chi connectivity index (χ0n) is 7.66. The van der Waals surface area contributed by atoms with Crippen molar-refractivity contribution in [1.82, 2.24) is 0 Å². The molecule has 0 aliphatic rings. The van der Waals surface area contributed by atoms with Crippen molar-refractivity contribution >= 4 is 0 Å². The SMILES string of the molecule is CC=CCCOc1cccc(F)c1. The van der Waals surface area contributed by atoms with Gasteiger partial charge in [0, 0.05) is 6.07 Å². The third-order valence-corrected chi connectivity index (χ3v) is 1.59. The van der Waals surface area contributed by atoms with Crippen LogP contribution >= 0.6 is 0 Å². The summed E-state index contributed by atoms with van der Waals surface area (Å²) in [5.41, 5.74) is 0. The summed E-state index contributed by atoms with van der Waals surface area (Å²) in [5.74, 6) is 0.327. The van der Waals surface area contributed by atoms with E-state index in [0.29, 0.717) is 12.4 Å². The van der Waals surface area contributed by atoms with Crippen LogP contribution in [-0.2, 0) is 0 Å². The minimum absolute atomic E-state index is 0.261. The van der Waals surface area contributed by atoms with Gasteiger partial charge >= 0.3 is 0 Å². The molecule has 1 rings (SSSR count). The van der Waals surface area contributed by atoms with Gasteiger partial charge in [-0.15, -0.1) is 0 Å². The molecule has 13 heavy (non-hydrogen) atoms. The molecule has 0 heterocycles. The van der Waals surface area contributed by atoms with Gasteiger partial charge in [-0.1, -0.05) is 18.2 Å². The lowest BCUT2D eigenvalue weighted by Crippen LogP contribution is -1.95. The molecule has 0 saturated heterocycles. The van der Waals surface area contributed by atoms with Gasteiger partial charge in [0.1, 0.15) is 11.6 Å². The molecule has 0 aliphatic carbocycles. The first-order valence-corrected chi connectivity index (χ1v) is 4.32. The Morgan fingerprint density at radius 3 is 3.00 bits per heavy atom. The lowest BCUT2D eigenvalue weighted by atomic mass is 10.3. The van der Waals surface area contributed by atoms with Crippen LogP contribution in [0.15, 0.2) is 36.4 Å². The summed E-state index contributed by atoms with van der Waals surface area (Å²) < 4.78 is 17.9. The van der Waals surface area contributed by atoms with Crippen LogP contribution in [0.25, 0.3) is 0 Å². The van der Waals surface area contributed by atoms with E-state index in [4.69, 9.17) is 4.74 Å². The molecule has 0 amide bonds. The number of benzene rings is 1. The summed E-state index contributed by atoms with van der Waals surface area (Å²) in [6.07, 6.45) is 4.83. The van der Waals surface area contributed by atoms with Gasteiger partial charge in [-0.25, -0.2) is 4.39 Å². The fourth-order valence-electron chi connectivity index (χ4n) is 0.968. The highest BCUT2D eigenvalue weighted by atomic mass is 19.1. The predicted octanol–water partition coefficient (Wildman–Crippen LogP) is 3.17. The van der Waals surface area contributed by atoms with Gasteiger partial charge < -0.3 is 4.74 Å². The fraction of sp³-hybridized carbons (Fsp3) is 0.273. The monoisotopic (exact) mass is 180 g/mol. The third-order valence-electron chi connectivity index (χ3n) is 1.59. The Hall–Kier alpha value is -1.31. The Morgan fingerprint density at radius 1 is 1.46 bits per heavy atom. The van der Waals surface area contributed by atoms with E-state index in [1.807, 2.05) is 19.1 Å². The Bertz CT molecular complexity index is 281. The van der Waals surface area contributed by atoms with Gasteiger partial charge in [-0.3, -0.25) is 0 Å². The number of allylic oxidation sites excluding steroid dienone is 1. The second-order valence-corrected chi connectivity index (χ2v) is 2.66. The van der Waals surface area contributed by atoms with Crippen molar-refractivity contribution in [3.8, 4) is 5.75 Å². The van der Waals surface area contributed by atoms with Crippen LogP contribution in [0.2, 0.25) is 0 Å². The first kappa shape index (κ1) is 9.78. The van der Waals surface area contributed by atoms with Crippen LogP contribution in [0.1, 0.15) is 13.3 Å².